The van der Waals surface area contributed by atoms with Crippen molar-refractivity contribution in [3.05, 3.63) is 102 Å². The zero-order valence-corrected chi connectivity index (χ0v) is 20.4. The second-order valence-corrected chi connectivity index (χ2v) is 7.12. The van der Waals surface area contributed by atoms with E-state index in [0.29, 0.717) is 13.1 Å². The number of aromatic nitrogens is 4. The number of aliphatic imine (C=N–C) groups is 1. The maximum atomic E-state index is 4.82. The summed E-state index contributed by atoms with van der Waals surface area (Å²) in [5, 5.41) is 11.1. The largest absolute Gasteiger partial charge is 0.357 e. The van der Waals surface area contributed by atoms with Gasteiger partial charge in [0, 0.05) is 37.9 Å². The van der Waals surface area contributed by atoms with Gasteiger partial charge in [0.05, 0.1) is 25.1 Å². The van der Waals surface area contributed by atoms with E-state index in [2.05, 4.69) is 64.0 Å². The topological polar surface area (TPSA) is 72.1 Å². The molecule has 0 spiro atoms. The molecule has 32 heavy (non-hydrogen) atoms. The van der Waals surface area contributed by atoms with Gasteiger partial charge < -0.3 is 15.2 Å². The summed E-state index contributed by atoms with van der Waals surface area (Å²) in [6.45, 7) is 4.87. The van der Waals surface area contributed by atoms with Crippen molar-refractivity contribution in [2.45, 2.75) is 26.6 Å². The molecule has 0 saturated heterocycles. The molecule has 0 fully saturated rings. The minimum absolute atomic E-state index is 0. The van der Waals surface area contributed by atoms with Crippen molar-refractivity contribution < 1.29 is 0 Å². The molecule has 2 heterocycles. The molecule has 4 rings (SSSR count). The highest BCUT2D eigenvalue weighted by atomic mass is 127. The highest BCUT2D eigenvalue weighted by molar-refractivity contribution is 14.0. The van der Waals surface area contributed by atoms with E-state index in [9.17, 15) is 0 Å². The Labute approximate surface area is 205 Å². The Morgan fingerprint density at radius 2 is 1.69 bits per heavy atom. The van der Waals surface area contributed by atoms with E-state index in [1.54, 1.807) is 12.4 Å². The summed E-state index contributed by atoms with van der Waals surface area (Å²) in [5.41, 5.74) is 4.68. The maximum Gasteiger partial charge on any atom is 0.191 e. The lowest BCUT2D eigenvalue weighted by Crippen LogP contribution is -2.37. The quantitative estimate of drug-likeness (QED) is 0.201. The number of guanidine groups is 1. The number of hydrogen-bond acceptors (Lipinski definition) is 3. The van der Waals surface area contributed by atoms with E-state index in [1.807, 2.05) is 46.2 Å². The summed E-state index contributed by atoms with van der Waals surface area (Å²) in [6.07, 6.45) is 9.32. The summed E-state index contributed by atoms with van der Waals surface area (Å²) >= 11 is 0. The average molecular weight is 541 g/mol. The maximum absolute atomic E-state index is 4.82. The van der Waals surface area contributed by atoms with Crippen LogP contribution in [-0.4, -0.2) is 31.8 Å². The third-order valence-corrected chi connectivity index (χ3v) is 4.98. The predicted molar refractivity (Wildman–Crippen MR) is 138 cm³/mol. The molecule has 2 aromatic carbocycles. The molecule has 4 aromatic rings. The number of benzene rings is 2. The zero-order valence-electron chi connectivity index (χ0n) is 18.1. The number of nitrogens with one attached hydrogen (secondary N) is 2. The second-order valence-electron chi connectivity index (χ2n) is 7.12. The monoisotopic (exact) mass is 541 g/mol. The molecule has 0 atom stereocenters. The second kappa shape index (κ2) is 12.0. The molecule has 0 bridgehead atoms. The fourth-order valence-electron chi connectivity index (χ4n) is 3.44. The van der Waals surface area contributed by atoms with Gasteiger partial charge in [0.15, 0.2) is 5.96 Å². The van der Waals surface area contributed by atoms with Crippen molar-refractivity contribution >= 4 is 29.9 Å². The molecule has 0 saturated carbocycles. The van der Waals surface area contributed by atoms with Crippen LogP contribution in [0.1, 0.15) is 23.6 Å². The molecule has 0 aliphatic rings. The minimum atomic E-state index is 0. The lowest BCUT2D eigenvalue weighted by Gasteiger charge is -2.15. The molecule has 0 amide bonds. The van der Waals surface area contributed by atoms with Gasteiger partial charge in [0.2, 0.25) is 0 Å². The van der Waals surface area contributed by atoms with Crippen molar-refractivity contribution in [1.82, 2.24) is 30.0 Å². The van der Waals surface area contributed by atoms with Gasteiger partial charge in [0.25, 0.3) is 0 Å². The van der Waals surface area contributed by atoms with Crippen molar-refractivity contribution in [1.29, 1.82) is 0 Å². The van der Waals surface area contributed by atoms with Crippen molar-refractivity contribution in [2.75, 3.05) is 6.54 Å². The first kappa shape index (κ1) is 23.5. The van der Waals surface area contributed by atoms with Gasteiger partial charge in [-0.1, -0.05) is 42.5 Å². The summed E-state index contributed by atoms with van der Waals surface area (Å²) in [6, 6.07) is 18.6. The molecular formula is C24H28IN7. The van der Waals surface area contributed by atoms with Crippen LogP contribution in [-0.2, 0) is 19.6 Å². The van der Waals surface area contributed by atoms with Gasteiger partial charge in [-0.15, -0.1) is 24.0 Å². The predicted octanol–water partition coefficient (Wildman–Crippen LogP) is 3.99. The van der Waals surface area contributed by atoms with Gasteiger partial charge in [-0.3, -0.25) is 4.68 Å². The minimum Gasteiger partial charge on any atom is -0.357 e. The fourth-order valence-corrected chi connectivity index (χ4v) is 3.44. The molecular weight excluding hydrogens is 513 g/mol. The molecule has 8 heteroatoms. The van der Waals surface area contributed by atoms with Crippen LogP contribution in [0.2, 0.25) is 0 Å². The Morgan fingerprint density at radius 3 is 2.41 bits per heavy atom. The first-order chi connectivity index (χ1) is 15.3. The summed E-state index contributed by atoms with van der Waals surface area (Å²) < 4.78 is 3.95. The van der Waals surface area contributed by atoms with E-state index in [4.69, 9.17) is 4.99 Å². The van der Waals surface area contributed by atoms with Crippen LogP contribution >= 0.6 is 24.0 Å². The van der Waals surface area contributed by atoms with Crippen LogP contribution < -0.4 is 10.6 Å². The Hall–Kier alpha value is -3.14. The molecule has 2 N–H and O–H groups in total. The average Bonchev–Trinajstić information content (AvgIpc) is 3.51. The number of imidazole rings is 1. The highest BCUT2D eigenvalue weighted by Crippen LogP contribution is 2.15. The SMILES string of the molecule is CCNC(=NCc1ccccc1-n1ccnc1)NCc1ccccc1Cn1cccn1.I. The first-order valence-corrected chi connectivity index (χ1v) is 10.5. The Morgan fingerprint density at radius 1 is 0.906 bits per heavy atom. The van der Waals surface area contributed by atoms with Crippen molar-refractivity contribution in [3.63, 3.8) is 0 Å². The number of rotatable bonds is 8. The summed E-state index contributed by atoms with van der Waals surface area (Å²) in [5.74, 6) is 0.789. The van der Waals surface area contributed by atoms with Crippen LogP contribution in [0.15, 0.2) is 90.7 Å². The molecule has 0 aliphatic carbocycles. The van der Waals surface area contributed by atoms with Crippen LogP contribution in [0, 0.1) is 0 Å². The van der Waals surface area contributed by atoms with E-state index in [1.165, 1.54) is 11.1 Å². The van der Waals surface area contributed by atoms with Crippen LogP contribution in [0.4, 0.5) is 0 Å². The molecule has 7 nitrogen and oxygen atoms in total. The van der Waals surface area contributed by atoms with Gasteiger partial charge in [-0.2, -0.15) is 5.10 Å². The third-order valence-electron chi connectivity index (χ3n) is 4.98. The van der Waals surface area contributed by atoms with Crippen molar-refractivity contribution in [3.8, 4) is 5.69 Å². The highest BCUT2D eigenvalue weighted by Gasteiger charge is 2.06. The van der Waals surface area contributed by atoms with Crippen LogP contribution in [0.25, 0.3) is 5.69 Å². The summed E-state index contributed by atoms with van der Waals surface area (Å²) in [7, 11) is 0. The van der Waals surface area contributed by atoms with E-state index in [-0.39, 0.29) is 24.0 Å². The van der Waals surface area contributed by atoms with Gasteiger partial charge >= 0.3 is 0 Å². The number of halogens is 1. The molecule has 2 aromatic heterocycles. The van der Waals surface area contributed by atoms with Crippen molar-refractivity contribution in [2.24, 2.45) is 4.99 Å². The molecule has 166 valence electrons. The lowest BCUT2D eigenvalue weighted by atomic mass is 10.1. The Balaban J connectivity index is 0.00000289. The normalized spacial score (nSPS) is 11.1. The van der Waals surface area contributed by atoms with Crippen LogP contribution in [0.3, 0.4) is 0 Å². The molecule has 0 radical (unpaired) electrons. The molecule has 0 aliphatic heterocycles. The van der Waals surface area contributed by atoms with Gasteiger partial charge in [-0.05, 0) is 35.7 Å². The smallest absolute Gasteiger partial charge is 0.191 e. The lowest BCUT2D eigenvalue weighted by molar-refractivity contribution is 0.677. The third kappa shape index (κ3) is 6.19. The van der Waals surface area contributed by atoms with E-state index in [0.717, 1.165) is 30.3 Å². The standard InChI is InChI=1S/C24H27N7.HI/c1-2-26-24(28-17-21-9-5-6-11-23(21)30-15-13-25-19-30)27-16-20-8-3-4-10-22(20)18-31-14-7-12-29-31;/h3-15,19H,2,16-18H2,1H3,(H2,26,27,28);1H. The fraction of sp³-hybridized carbons (Fsp3) is 0.208. The molecule has 0 unspecified atom stereocenters. The Bertz CT molecular complexity index is 1110. The van der Waals surface area contributed by atoms with Crippen LogP contribution in [0.5, 0.6) is 0 Å². The van der Waals surface area contributed by atoms with E-state index < -0.39 is 0 Å². The van der Waals surface area contributed by atoms with E-state index >= 15 is 0 Å². The number of para-hydroxylation sites is 1. The van der Waals surface area contributed by atoms with Gasteiger partial charge in [-0.25, -0.2) is 9.98 Å². The first-order valence-electron chi connectivity index (χ1n) is 10.5. The number of nitrogens with zero attached hydrogens (tertiary/aromatic N) is 5. The zero-order chi connectivity index (χ0) is 21.3. The Kier molecular flexibility index (Phi) is 8.85. The summed E-state index contributed by atoms with van der Waals surface area (Å²) in [4.78, 5) is 8.98. The van der Waals surface area contributed by atoms with Gasteiger partial charge in [0.1, 0.15) is 0 Å². The number of hydrogen-bond donors (Lipinski definition) is 2.